The van der Waals surface area contributed by atoms with Crippen molar-refractivity contribution in [3.8, 4) is 0 Å². The summed E-state index contributed by atoms with van der Waals surface area (Å²) in [5, 5.41) is 6.14. The first kappa shape index (κ1) is 15.1. The normalized spacial score (nSPS) is 25.4. The van der Waals surface area contributed by atoms with Gasteiger partial charge in [-0.05, 0) is 49.5 Å². The van der Waals surface area contributed by atoms with E-state index in [4.69, 9.17) is 0 Å². The van der Waals surface area contributed by atoms with Crippen molar-refractivity contribution in [2.24, 2.45) is 5.92 Å². The molecule has 1 aromatic rings. The van der Waals surface area contributed by atoms with E-state index in [2.05, 4.69) is 36.7 Å². The molecular formula is C17H29NS. The van der Waals surface area contributed by atoms with Crippen LogP contribution in [0.1, 0.15) is 76.1 Å². The summed E-state index contributed by atoms with van der Waals surface area (Å²) in [5.74, 6) is 1.01. The van der Waals surface area contributed by atoms with Crippen molar-refractivity contribution in [1.29, 1.82) is 0 Å². The minimum atomic E-state index is 0.595. The Kier molecular flexibility index (Phi) is 6.39. The Bertz CT molecular complexity index is 325. The summed E-state index contributed by atoms with van der Waals surface area (Å²) >= 11 is 1.91. The van der Waals surface area contributed by atoms with Crippen LogP contribution in [0.3, 0.4) is 0 Å². The van der Waals surface area contributed by atoms with E-state index in [0.29, 0.717) is 6.04 Å². The fourth-order valence-corrected chi connectivity index (χ4v) is 4.22. The van der Waals surface area contributed by atoms with E-state index >= 15 is 0 Å². The SMILES string of the molecule is CCCC1CCC(NC(CCC)c2cccs2)CC1. The maximum absolute atomic E-state index is 3.93. The molecule has 0 saturated heterocycles. The van der Waals surface area contributed by atoms with E-state index in [0.717, 1.165) is 12.0 Å². The van der Waals surface area contributed by atoms with E-state index in [9.17, 15) is 0 Å². The minimum Gasteiger partial charge on any atom is -0.306 e. The van der Waals surface area contributed by atoms with Crippen LogP contribution in [0.15, 0.2) is 17.5 Å². The monoisotopic (exact) mass is 279 g/mol. The van der Waals surface area contributed by atoms with Gasteiger partial charge in [-0.2, -0.15) is 0 Å². The summed E-state index contributed by atoms with van der Waals surface area (Å²) in [6.07, 6.45) is 11.0. The predicted octanol–water partition coefficient (Wildman–Crippen LogP) is 5.54. The van der Waals surface area contributed by atoms with Crippen molar-refractivity contribution in [3.05, 3.63) is 22.4 Å². The average Bonchev–Trinajstić information content (AvgIpc) is 2.95. The molecule has 0 bridgehead atoms. The van der Waals surface area contributed by atoms with Gasteiger partial charge in [0.05, 0.1) is 0 Å². The van der Waals surface area contributed by atoms with Crippen molar-refractivity contribution in [2.75, 3.05) is 0 Å². The zero-order chi connectivity index (χ0) is 13.5. The minimum absolute atomic E-state index is 0.595. The molecule has 1 unspecified atom stereocenters. The van der Waals surface area contributed by atoms with Gasteiger partial charge in [0.1, 0.15) is 0 Å². The smallest absolute Gasteiger partial charge is 0.0416 e. The summed E-state index contributed by atoms with van der Waals surface area (Å²) in [4.78, 5) is 1.53. The maximum atomic E-state index is 3.93. The molecule has 0 radical (unpaired) electrons. The van der Waals surface area contributed by atoms with E-state index in [1.165, 1.54) is 56.2 Å². The fourth-order valence-electron chi connectivity index (χ4n) is 3.40. The number of rotatable bonds is 7. The zero-order valence-corrected chi connectivity index (χ0v) is 13.3. The molecule has 1 fully saturated rings. The highest BCUT2D eigenvalue weighted by Crippen LogP contribution is 2.31. The summed E-state index contributed by atoms with van der Waals surface area (Å²) in [6.45, 7) is 4.61. The van der Waals surface area contributed by atoms with Gasteiger partial charge < -0.3 is 5.32 Å². The summed E-state index contributed by atoms with van der Waals surface area (Å²) in [7, 11) is 0. The van der Waals surface area contributed by atoms with Gasteiger partial charge in [0, 0.05) is 17.0 Å². The first-order valence-electron chi connectivity index (χ1n) is 8.12. The molecule has 1 nitrogen and oxygen atoms in total. The largest absolute Gasteiger partial charge is 0.306 e. The van der Waals surface area contributed by atoms with Crippen molar-refractivity contribution in [2.45, 2.75) is 77.3 Å². The topological polar surface area (TPSA) is 12.0 Å². The lowest BCUT2D eigenvalue weighted by Crippen LogP contribution is -2.35. The maximum Gasteiger partial charge on any atom is 0.0416 e. The second kappa shape index (κ2) is 8.06. The molecule has 1 heterocycles. The Labute approximate surface area is 122 Å². The van der Waals surface area contributed by atoms with Gasteiger partial charge >= 0.3 is 0 Å². The molecule has 2 rings (SSSR count). The summed E-state index contributed by atoms with van der Waals surface area (Å²) in [6, 6.07) is 5.83. The third kappa shape index (κ3) is 4.61. The van der Waals surface area contributed by atoms with Gasteiger partial charge in [0.2, 0.25) is 0 Å². The standard InChI is InChI=1S/C17H29NS/c1-3-6-14-9-11-15(12-10-14)18-16(7-4-2)17-8-5-13-19-17/h5,8,13-16,18H,3-4,6-7,9-12H2,1-2H3. The predicted molar refractivity (Wildman–Crippen MR) is 85.8 cm³/mol. The fraction of sp³-hybridized carbons (Fsp3) is 0.765. The Hall–Kier alpha value is -0.340. The first-order valence-corrected chi connectivity index (χ1v) is 9.00. The molecule has 0 aromatic carbocycles. The number of hydrogen-bond acceptors (Lipinski definition) is 2. The molecule has 1 aliphatic carbocycles. The van der Waals surface area contributed by atoms with Crippen LogP contribution in [-0.4, -0.2) is 6.04 Å². The second-order valence-corrected chi connectivity index (χ2v) is 7.01. The highest BCUT2D eigenvalue weighted by molar-refractivity contribution is 7.10. The van der Waals surface area contributed by atoms with E-state index < -0.39 is 0 Å². The highest BCUT2D eigenvalue weighted by Gasteiger charge is 2.23. The molecule has 2 heteroatoms. The van der Waals surface area contributed by atoms with Crippen LogP contribution < -0.4 is 5.32 Å². The molecule has 19 heavy (non-hydrogen) atoms. The van der Waals surface area contributed by atoms with Gasteiger partial charge in [-0.15, -0.1) is 11.3 Å². The Morgan fingerprint density at radius 3 is 2.58 bits per heavy atom. The van der Waals surface area contributed by atoms with Crippen LogP contribution in [0.4, 0.5) is 0 Å². The van der Waals surface area contributed by atoms with Crippen molar-refractivity contribution in [1.82, 2.24) is 5.32 Å². The lowest BCUT2D eigenvalue weighted by Gasteiger charge is -2.32. The molecule has 108 valence electrons. The third-order valence-electron chi connectivity index (χ3n) is 4.44. The molecule has 1 N–H and O–H groups in total. The van der Waals surface area contributed by atoms with Crippen LogP contribution in [0.25, 0.3) is 0 Å². The van der Waals surface area contributed by atoms with Crippen molar-refractivity contribution >= 4 is 11.3 Å². The molecule has 0 aliphatic heterocycles. The molecule has 0 spiro atoms. The summed E-state index contributed by atoms with van der Waals surface area (Å²) in [5.41, 5.74) is 0. The highest BCUT2D eigenvalue weighted by atomic mass is 32.1. The average molecular weight is 279 g/mol. The second-order valence-electron chi connectivity index (χ2n) is 6.03. The Balaban J connectivity index is 1.82. The van der Waals surface area contributed by atoms with Crippen molar-refractivity contribution in [3.63, 3.8) is 0 Å². The third-order valence-corrected chi connectivity index (χ3v) is 5.43. The van der Waals surface area contributed by atoms with Gasteiger partial charge in [0.25, 0.3) is 0 Å². The summed E-state index contributed by atoms with van der Waals surface area (Å²) < 4.78 is 0. The van der Waals surface area contributed by atoms with Gasteiger partial charge in [-0.3, -0.25) is 0 Å². The molecule has 1 aliphatic rings. The molecular weight excluding hydrogens is 250 g/mol. The zero-order valence-electron chi connectivity index (χ0n) is 12.5. The number of thiophene rings is 1. The van der Waals surface area contributed by atoms with Gasteiger partial charge in [-0.25, -0.2) is 0 Å². The molecule has 1 aromatic heterocycles. The van der Waals surface area contributed by atoms with Crippen LogP contribution in [0.5, 0.6) is 0 Å². The molecule has 0 amide bonds. The van der Waals surface area contributed by atoms with Gasteiger partial charge in [-0.1, -0.05) is 39.2 Å². The molecule has 1 atom stereocenters. The Morgan fingerprint density at radius 2 is 2.00 bits per heavy atom. The van der Waals surface area contributed by atoms with Crippen LogP contribution >= 0.6 is 11.3 Å². The number of nitrogens with one attached hydrogen (secondary N) is 1. The lowest BCUT2D eigenvalue weighted by molar-refractivity contribution is 0.260. The quantitative estimate of drug-likeness (QED) is 0.691. The van der Waals surface area contributed by atoms with E-state index in [1.54, 1.807) is 0 Å². The number of hydrogen-bond donors (Lipinski definition) is 1. The Morgan fingerprint density at radius 1 is 1.21 bits per heavy atom. The van der Waals surface area contributed by atoms with Crippen molar-refractivity contribution < 1.29 is 0 Å². The van der Waals surface area contributed by atoms with Crippen LogP contribution in [-0.2, 0) is 0 Å². The van der Waals surface area contributed by atoms with Crippen LogP contribution in [0.2, 0.25) is 0 Å². The van der Waals surface area contributed by atoms with Crippen LogP contribution in [0, 0.1) is 5.92 Å². The van der Waals surface area contributed by atoms with E-state index in [-0.39, 0.29) is 0 Å². The van der Waals surface area contributed by atoms with E-state index in [1.807, 2.05) is 11.3 Å². The van der Waals surface area contributed by atoms with Gasteiger partial charge in [0.15, 0.2) is 0 Å². The lowest BCUT2D eigenvalue weighted by atomic mass is 9.83. The first-order chi connectivity index (χ1) is 9.33. The molecule has 1 saturated carbocycles.